The van der Waals surface area contributed by atoms with Crippen LogP contribution < -0.4 is 0 Å². The van der Waals surface area contributed by atoms with Gasteiger partial charge in [-0.25, -0.2) is 4.98 Å². The quantitative estimate of drug-likeness (QED) is 0.580. The van der Waals surface area contributed by atoms with Gasteiger partial charge in [0.05, 0.1) is 12.7 Å². The zero-order chi connectivity index (χ0) is 16.9. The SMILES string of the molecule is Clc1ccc(COC(Cc2ncc[nH]2)c2ccc(Cl)cc2Cl)cc1. The van der Waals surface area contributed by atoms with Crippen LogP contribution in [0.3, 0.4) is 0 Å². The Kier molecular flexibility index (Phi) is 5.80. The molecule has 0 radical (unpaired) electrons. The van der Waals surface area contributed by atoms with E-state index in [0.717, 1.165) is 17.0 Å². The molecule has 6 heteroatoms. The molecule has 0 saturated carbocycles. The molecule has 1 heterocycles. The van der Waals surface area contributed by atoms with Crippen molar-refractivity contribution in [3.05, 3.63) is 86.9 Å². The number of benzene rings is 2. The van der Waals surface area contributed by atoms with Gasteiger partial charge >= 0.3 is 0 Å². The monoisotopic (exact) mass is 380 g/mol. The summed E-state index contributed by atoms with van der Waals surface area (Å²) in [6, 6.07) is 13.0. The summed E-state index contributed by atoms with van der Waals surface area (Å²) in [5.41, 5.74) is 1.92. The molecule has 0 aliphatic carbocycles. The number of nitrogens with one attached hydrogen (secondary N) is 1. The first kappa shape index (κ1) is 17.3. The Morgan fingerprint density at radius 3 is 2.42 bits per heavy atom. The summed E-state index contributed by atoms with van der Waals surface area (Å²) in [7, 11) is 0. The minimum absolute atomic E-state index is 0.239. The smallest absolute Gasteiger partial charge is 0.108 e. The van der Waals surface area contributed by atoms with Crippen LogP contribution in [0.15, 0.2) is 54.9 Å². The fraction of sp³-hybridized carbons (Fsp3) is 0.167. The van der Waals surface area contributed by atoms with Gasteiger partial charge in [-0.05, 0) is 35.4 Å². The van der Waals surface area contributed by atoms with Crippen molar-refractivity contribution >= 4 is 34.8 Å². The molecule has 0 aliphatic heterocycles. The number of hydrogen-bond donors (Lipinski definition) is 1. The van der Waals surface area contributed by atoms with Crippen molar-refractivity contribution in [3.63, 3.8) is 0 Å². The topological polar surface area (TPSA) is 37.9 Å². The van der Waals surface area contributed by atoms with Crippen molar-refractivity contribution in [2.24, 2.45) is 0 Å². The lowest BCUT2D eigenvalue weighted by molar-refractivity contribution is 0.0388. The van der Waals surface area contributed by atoms with E-state index >= 15 is 0 Å². The number of imidazole rings is 1. The molecule has 0 spiro atoms. The van der Waals surface area contributed by atoms with E-state index in [0.29, 0.717) is 28.1 Å². The number of ether oxygens (including phenoxy) is 1. The number of hydrogen-bond acceptors (Lipinski definition) is 2. The van der Waals surface area contributed by atoms with Gasteiger partial charge in [-0.15, -0.1) is 0 Å². The Morgan fingerprint density at radius 2 is 1.75 bits per heavy atom. The molecule has 1 unspecified atom stereocenters. The normalized spacial score (nSPS) is 12.3. The van der Waals surface area contributed by atoms with Crippen LogP contribution in [0.25, 0.3) is 0 Å². The fourth-order valence-corrected chi connectivity index (χ4v) is 3.04. The standard InChI is InChI=1S/C18H15Cl3N2O/c19-13-3-1-12(2-4-13)11-24-17(10-18-22-7-8-23-18)15-6-5-14(20)9-16(15)21/h1-9,17H,10-11H2,(H,22,23). The van der Waals surface area contributed by atoms with Crippen LogP contribution in [0.4, 0.5) is 0 Å². The number of nitrogens with zero attached hydrogens (tertiary/aromatic N) is 1. The van der Waals surface area contributed by atoms with Gasteiger partial charge in [0.2, 0.25) is 0 Å². The van der Waals surface area contributed by atoms with Crippen LogP contribution in [-0.4, -0.2) is 9.97 Å². The first-order chi connectivity index (χ1) is 11.6. The van der Waals surface area contributed by atoms with Crippen molar-refractivity contribution in [2.75, 3.05) is 0 Å². The third-order valence-corrected chi connectivity index (χ3v) is 4.42. The molecule has 0 aliphatic rings. The summed E-state index contributed by atoms with van der Waals surface area (Å²) in [5.74, 6) is 0.835. The average molecular weight is 382 g/mol. The van der Waals surface area contributed by atoms with Gasteiger partial charge in [0.1, 0.15) is 5.82 Å². The Morgan fingerprint density at radius 1 is 1.00 bits per heavy atom. The van der Waals surface area contributed by atoms with E-state index in [-0.39, 0.29) is 6.10 Å². The maximum absolute atomic E-state index is 6.35. The summed E-state index contributed by atoms with van der Waals surface area (Å²) in [6.45, 7) is 0.446. The lowest BCUT2D eigenvalue weighted by Gasteiger charge is -2.19. The largest absolute Gasteiger partial charge is 0.368 e. The van der Waals surface area contributed by atoms with E-state index in [2.05, 4.69) is 9.97 Å². The third-order valence-electron chi connectivity index (χ3n) is 3.61. The number of aromatic amines is 1. The molecule has 1 N–H and O–H groups in total. The first-order valence-electron chi connectivity index (χ1n) is 7.41. The van der Waals surface area contributed by atoms with E-state index in [1.807, 2.05) is 36.4 Å². The minimum Gasteiger partial charge on any atom is -0.368 e. The number of halogens is 3. The third kappa shape index (κ3) is 4.52. The Bertz CT molecular complexity index is 789. The summed E-state index contributed by atoms with van der Waals surface area (Å²) >= 11 is 18.3. The predicted octanol–water partition coefficient (Wildman–Crippen LogP) is 5.87. The molecule has 3 aromatic rings. The van der Waals surface area contributed by atoms with Gasteiger partial charge in [-0.1, -0.05) is 53.0 Å². The molecule has 0 saturated heterocycles. The summed E-state index contributed by atoms with van der Waals surface area (Å²) in [5, 5.41) is 1.87. The molecule has 24 heavy (non-hydrogen) atoms. The summed E-state index contributed by atoms with van der Waals surface area (Å²) < 4.78 is 6.12. The minimum atomic E-state index is -0.239. The second kappa shape index (κ2) is 8.04. The number of H-pyrrole nitrogens is 1. The highest BCUT2D eigenvalue weighted by atomic mass is 35.5. The molecule has 0 amide bonds. The van der Waals surface area contributed by atoms with E-state index < -0.39 is 0 Å². The van der Waals surface area contributed by atoms with Gasteiger partial charge in [0.15, 0.2) is 0 Å². The van der Waals surface area contributed by atoms with Crippen LogP contribution in [-0.2, 0) is 17.8 Å². The van der Waals surface area contributed by atoms with E-state index in [4.69, 9.17) is 39.5 Å². The van der Waals surface area contributed by atoms with Gasteiger partial charge in [0.25, 0.3) is 0 Å². The Labute approximate surface area is 155 Å². The van der Waals surface area contributed by atoms with Crippen molar-refractivity contribution in [1.82, 2.24) is 9.97 Å². The molecule has 2 aromatic carbocycles. The van der Waals surface area contributed by atoms with Crippen LogP contribution in [0, 0.1) is 0 Å². The molecule has 0 fully saturated rings. The van der Waals surface area contributed by atoms with E-state index in [9.17, 15) is 0 Å². The van der Waals surface area contributed by atoms with E-state index in [1.165, 1.54) is 0 Å². The fourth-order valence-electron chi connectivity index (χ4n) is 2.38. The maximum Gasteiger partial charge on any atom is 0.108 e. The van der Waals surface area contributed by atoms with Crippen molar-refractivity contribution in [2.45, 2.75) is 19.1 Å². The van der Waals surface area contributed by atoms with Crippen molar-refractivity contribution < 1.29 is 4.74 Å². The van der Waals surface area contributed by atoms with Gasteiger partial charge < -0.3 is 9.72 Å². The van der Waals surface area contributed by atoms with E-state index in [1.54, 1.807) is 18.5 Å². The molecule has 124 valence electrons. The molecule has 0 bridgehead atoms. The van der Waals surface area contributed by atoms with Crippen molar-refractivity contribution in [1.29, 1.82) is 0 Å². The summed E-state index contributed by atoms with van der Waals surface area (Å²) in [4.78, 5) is 7.37. The highest BCUT2D eigenvalue weighted by Crippen LogP contribution is 2.31. The van der Waals surface area contributed by atoms with Gasteiger partial charge in [-0.3, -0.25) is 0 Å². The molecule has 3 rings (SSSR count). The molecular formula is C18H15Cl3N2O. The number of rotatable bonds is 6. The highest BCUT2D eigenvalue weighted by Gasteiger charge is 2.18. The van der Waals surface area contributed by atoms with Crippen LogP contribution in [0.2, 0.25) is 15.1 Å². The van der Waals surface area contributed by atoms with Crippen molar-refractivity contribution in [3.8, 4) is 0 Å². The zero-order valence-electron chi connectivity index (χ0n) is 12.7. The molecule has 1 aromatic heterocycles. The molecular weight excluding hydrogens is 367 g/mol. The Balaban J connectivity index is 1.80. The highest BCUT2D eigenvalue weighted by molar-refractivity contribution is 6.35. The lowest BCUT2D eigenvalue weighted by atomic mass is 10.1. The number of aromatic nitrogens is 2. The van der Waals surface area contributed by atoms with Crippen LogP contribution in [0.1, 0.15) is 23.1 Å². The van der Waals surface area contributed by atoms with Gasteiger partial charge in [0, 0.05) is 33.9 Å². The summed E-state index contributed by atoms with van der Waals surface area (Å²) in [6.07, 6.45) is 3.85. The zero-order valence-corrected chi connectivity index (χ0v) is 14.9. The first-order valence-corrected chi connectivity index (χ1v) is 8.54. The average Bonchev–Trinajstić information content (AvgIpc) is 3.06. The predicted molar refractivity (Wildman–Crippen MR) is 97.7 cm³/mol. The van der Waals surface area contributed by atoms with Gasteiger partial charge in [-0.2, -0.15) is 0 Å². The second-order valence-electron chi connectivity index (χ2n) is 5.33. The molecule has 1 atom stereocenters. The maximum atomic E-state index is 6.35. The lowest BCUT2D eigenvalue weighted by Crippen LogP contribution is -2.10. The molecule has 3 nitrogen and oxygen atoms in total. The second-order valence-corrected chi connectivity index (χ2v) is 6.61. The van der Waals surface area contributed by atoms with Crippen LogP contribution >= 0.6 is 34.8 Å². The van der Waals surface area contributed by atoms with Crippen LogP contribution in [0.5, 0.6) is 0 Å². The Hall–Kier alpha value is -1.52.